The van der Waals surface area contributed by atoms with Crippen LogP contribution < -0.4 is 4.74 Å². The number of carbonyl (C=O) groups is 2. The van der Waals surface area contributed by atoms with Gasteiger partial charge < -0.3 is 14.6 Å². The second-order valence-corrected chi connectivity index (χ2v) is 6.53. The number of imidazole rings is 1. The summed E-state index contributed by atoms with van der Waals surface area (Å²) in [5.74, 6) is 1.14. The van der Waals surface area contributed by atoms with E-state index in [0.29, 0.717) is 19.6 Å². The molecular formula is C18H20N6O3. The maximum Gasteiger partial charge on any atom is 0.287 e. The highest BCUT2D eigenvalue weighted by atomic mass is 16.5. The van der Waals surface area contributed by atoms with Gasteiger partial charge in [-0.3, -0.25) is 14.5 Å². The Hall–Kier alpha value is -3.07. The number of nitrogens with one attached hydrogen (secondary N) is 1. The van der Waals surface area contributed by atoms with Gasteiger partial charge in [0.1, 0.15) is 11.6 Å². The number of azo groups is 1. The molecule has 1 saturated heterocycles. The molecule has 2 aromatic rings. The molecule has 9 heteroatoms. The Kier molecular flexibility index (Phi) is 4.68. The van der Waals surface area contributed by atoms with Crippen LogP contribution in [0.25, 0.3) is 11.0 Å². The number of nitrogens with zero attached hydrogens (tertiary/aromatic N) is 5. The van der Waals surface area contributed by atoms with Crippen molar-refractivity contribution in [1.29, 1.82) is 0 Å². The van der Waals surface area contributed by atoms with Crippen molar-refractivity contribution in [2.45, 2.75) is 12.6 Å². The van der Waals surface area contributed by atoms with E-state index in [1.54, 1.807) is 12.0 Å². The number of carbonyl (C=O) groups excluding carboxylic acids is 2. The summed E-state index contributed by atoms with van der Waals surface area (Å²) in [6.07, 6.45) is 2.80. The van der Waals surface area contributed by atoms with E-state index in [9.17, 15) is 9.59 Å². The molecule has 3 heterocycles. The minimum Gasteiger partial charge on any atom is -0.497 e. The summed E-state index contributed by atoms with van der Waals surface area (Å²) in [5, 5.41) is 7.22. The number of piperazine rings is 1. The largest absolute Gasteiger partial charge is 0.497 e. The first-order valence-corrected chi connectivity index (χ1v) is 8.79. The Balaban J connectivity index is 1.34. The van der Waals surface area contributed by atoms with Crippen molar-refractivity contribution in [3.8, 4) is 5.75 Å². The maximum atomic E-state index is 12.5. The van der Waals surface area contributed by atoms with Crippen LogP contribution in [0.1, 0.15) is 5.82 Å². The third-order valence-corrected chi connectivity index (χ3v) is 4.75. The summed E-state index contributed by atoms with van der Waals surface area (Å²) < 4.78 is 5.24. The predicted octanol–water partition coefficient (Wildman–Crippen LogP) is 1.13. The molecule has 1 aromatic carbocycles. The summed E-state index contributed by atoms with van der Waals surface area (Å²) in [6.45, 7) is 3.41. The fraction of sp³-hybridized carbons (Fsp3) is 0.389. The van der Waals surface area contributed by atoms with Gasteiger partial charge in [-0.1, -0.05) is 0 Å². The number of benzene rings is 1. The maximum absolute atomic E-state index is 12.5. The fourth-order valence-corrected chi connectivity index (χ4v) is 3.26. The van der Waals surface area contributed by atoms with E-state index in [0.717, 1.165) is 35.7 Å². The number of fused-ring (bicyclic) bond motifs is 1. The molecule has 1 fully saturated rings. The van der Waals surface area contributed by atoms with Gasteiger partial charge in [0.25, 0.3) is 11.8 Å². The number of ether oxygens (including phenoxy) is 1. The molecule has 1 aromatic heterocycles. The van der Waals surface area contributed by atoms with Crippen molar-refractivity contribution in [3.05, 3.63) is 36.2 Å². The van der Waals surface area contributed by atoms with Crippen LogP contribution in [0.15, 0.2) is 40.6 Å². The SMILES string of the molecule is COc1ccc2nc(CN3CCN(C(=O)C4C=CC(=O)N=N4)CC3)[nH]c2c1. The van der Waals surface area contributed by atoms with E-state index in [2.05, 4.69) is 25.1 Å². The molecule has 2 amide bonds. The van der Waals surface area contributed by atoms with E-state index >= 15 is 0 Å². The van der Waals surface area contributed by atoms with Crippen molar-refractivity contribution in [2.24, 2.45) is 10.2 Å². The van der Waals surface area contributed by atoms with E-state index in [-0.39, 0.29) is 5.91 Å². The van der Waals surface area contributed by atoms with Crippen LogP contribution in [0.4, 0.5) is 0 Å². The molecule has 0 radical (unpaired) electrons. The van der Waals surface area contributed by atoms with E-state index in [1.807, 2.05) is 18.2 Å². The molecule has 1 unspecified atom stereocenters. The Morgan fingerprint density at radius 3 is 2.81 bits per heavy atom. The lowest BCUT2D eigenvalue weighted by molar-refractivity contribution is -0.133. The molecule has 0 spiro atoms. The highest BCUT2D eigenvalue weighted by Crippen LogP contribution is 2.19. The van der Waals surface area contributed by atoms with Crippen molar-refractivity contribution in [1.82, 2.24) is 19.8 Å². The van der Waals surface area contributed by atoms with Gasteiger partial charge >= 0.3 is 0 Å². The summed E-state index contributed by atoms with van der Waals surface area (Å²) in [4.78, 5) is 35.5. The number of aromatic amines is 1. The summed E-state index contributed by atoms with van der Waals surface area (Å²) in [7, 11) is 1.64. The van der Waals surface area contributed by atoms with E-state index in [1.165, 1.54) is 12.2 Å². The smallest absolute Gasteiger partial charge is 0.287 e. The highest BCUT2D eigenvalue weighted by Gasteiger charge is 2.27. The van der Waals surface area contributed by atoms with Crippen LogP contribution in [0.2, 0.25) is 0 Å². The zero-order valence-corrected chi connectivity index (χ0v) is 15.0. The van der Waals surface area contributed by atoms with Crippen LogP contribution in [-0.2, 0) is 16.1 Å². The van der Waals surface area contributed by atoms with Crippen molar-refractivity contribution >= 4 is 22.8 Å². The van der Waals surface area contributed by atoms with Crippen molar-refractivity contribution in [3.63, 3.8) is 0 Å². The lowest BCUT2D eigenvalue weighted by Crippen LogP contribution is -2.50. The zero-order chi connectivity index (χ0) is 18.8. The van der Waals surface area contributed by atoms with Gasteiger partial charge in [0.2, 0.25) is 0 Å². The first-order chi connectivity index (χ1) is 13.1. The molecule has 1 N–H and O–H groups in total. The normalized spacial score (nSPS) is 20.4. The molecule has 9 nitrogen and oxygen atoms in total. The second-order valence-electron chi connectivity index (χ2n) is 6.53. The van der Waals surface area contributed by atoms with E-state index < -0.39 is 11.9 Å². The number of rotatable bonds is 4. The van der Waals surface area contributed by atoms with Gasteiger partial charge in [0.15, 0.2) is 6.04 Å². The number of aromatic nitrogens is 2. The van der Waals surface area contributed by atoms with Gasteiger partial charge in [-0.15, -0.1) is 5.11 Å². The Bertz CT molecular complexity index is 910. The van der Waals surface area contributed by atoms with E-state index in [4.69, 9.17) is 4.74 Å². The molecular weight excluding hydrogens is 348 g/mol. The monoisotopic (exact) mass is 368 g/mol. The molecule has 2 aliphatic rings. The molecule has 27 heavy (non-hydrogen) atoms. The van der Waals surface area contributed by atoms with Crippen LogP contribution in [-0.4, -0.2) is 70.9 Å². The molecule has 4 rings (SSSR count). The summed E-state index contributed by atoms with van der Waals surface area (Å²) >= 11 is 0. The third-order valence-electron chi connectivity index (χ3n) is 4.75. The lowest BCUT2D eigenvalue weighted by atomic mass is 10.2. The molecule has 2 aliphatic heterocycles. The topological polar surface area (TPSA) is 103 Å². The van der Waals surface area contributed by atoms with Crippen molar-refractivity contribution < 1.29 is 14.3 Å². The van der Waals surface area contributed by atoms with Gasteiger partial charge in [-0.25, -0.2) is 4.98 Å². The molecule has 140 valence electrons. The second kappa shape index (κ2) is 7.28. The average Bonchev–Trinajstić information content (AvgIpc) is 3.10. The molecule has 1 atom stereocenters. The third kappa shape index (κ3) is 3.72. The quantitative estimate of drug-likeness (QED) is 0.871. The Morgan fingerprint density at radius 2 is 2.11 bits per heavy atom. The number of H-pyrrole nitrogens is 1. The predicted molar refractivity (Wildman–Crippen MR) is 97.3 cm³/mol. The summed E-state index contributed by atoms with van der Waals surface area (Å²) in [6, 6.07) is 5.07. The van der Waals surface area contributed by atoms with Crippen LogP contribution in [0.3, 0.4) is 0 Å². The van der Waals surface area contributed by atoms with Gasteiger partial charge in [-0.05, 0) is 18.2 Å². The van der Waals surface area contributed by atoms with Crippen molar-refractivity contribution in [2.75, 3.05) is 33.3 Å². The minimum atomic E-state index is -0.681. The first kappa shape index (κ1) is 17.3. The lowest BCUT2D eigenvalue weighted by Gasteiger charge is -2.35. The molecule has 0 saturated carbocycles. The molecule has 0 aliphatic carbocycles. The van der Waals surface area contributed by atoms with Gasteiger partial charge in [-0.2, -0.15) is 5.11 Å². The Morgan fingerprint density at radius 1 is 1.30 bits per heavy atom. The summed E-state index contributed by atoms with van der Waals surface area (Å²) in [5.41, 5.74) is 1.85. The highest BCUT2D eigenvalue weighted by molar-refractivity contribution is 5.92. The molecule has 0 bridgehead atoms. The van der Waals surface area contributed by atoms with Gasteiger partial charge in [0.05, 0.1) is 24.7 Å². The van der Waals surface area contributed by atoms with Gasteiger partial charge in [0, 0.05) is 38.3 Å². The van der Waals surface area contributed by atoms with Crippen LogP contribution in [0.5, 0.6) is 5.75 Å². The minimum absolute atomic E-state index is 0.113. The zero-order valence-electron chi connectivity index (χ0n) is 15.0. The standard InChI is InChI=1S/C18H20N6O3/c1-27-12-2-3-13-15(10-12)20-16(19-13)11-23-6-8-24(9-7-23)18(26)14-4-5-17(25)22-21-14/h2-5,10,14H,6-9,11H2,1H3,(H,19,20). The van der Waals surface area contributed by atoms with Crippen LogP contribution >= 0.6 is 0 Å². The number of hydrogen-bond acceptors (Lipinski definition) is 6. The fourth-order valence-electron chi connectivity index (χ4n) is 3.26. The Labute approximate surface area is 155 Å². The number of hydrogen-bond donors (Lipinski definition) is 1. The van der Waals surface area contributed by atoms with Crippen LogP contribution in [0, 0.1) is 0 Å². The number of amides is 2. The average molecular weight is 368 g/mol. The number of methoxy groups -OCH3 is 1. The first-order valence-electron chi connectivity index (χ1n) is 8.79.